The number of nitrogens with two attached hydrogens (primary N) is 1. The number of primary amides is 1. The van der Waals surface area contributed by atoms with Crippen molar-refractivity contribution in [3.8, 4) is 0 Å². The van der Waals surface area contributed by atoms with Crippen molar-refractivity contribution in [2.75, 3.05) is 6.54 Å². The largest absolute Gasteiger partial charge is 0.369 e. The van der Waals surface area contributed by atoms with E-state index in [-0.39, 0.29) is 5.91 Å². The third-order valence-corrected chi connectivity index (χ3v) is 4.71. The second-order valence-corrected chi connectivity index (χ2v) is 6.92. The molecule has 1 aromatic carbocycles. The molecular weight excluding hydrogens is 260 g/mol. The van der Waals surface area contributed by atoms with E-state index in [4.69, 9.17) is 5.73 Å². The smallest absolute Gasteiger partial charge is 0.224 e. The van der Waals surface area contributed by atoms with E-state index in [2.05, 4.69) is 35.6 Å². The summed E-state index contributed by atoms with van der Waals surface area (Å²) in [6.45, 7) is 4.44. The molecule has 0 heterocycles. The summed E-state index contributed by atoms with van der Waals surface area (Å²) in [7, 11) is 0. The maximum absolute atomic E-state index is 11.5. The zero-order chi connectivity index (χ0) is 15.3. The van der Waals surface area contributed by atoms with Crippen LogP contribution in [0.25, 0.3) is 0 Å². The third-order valence-electron chi connectivity index (χ3n) is 4.71. The van der Waals surface area contributed by atoms with E-state index in [0.717, 1.165) is 0 Å². The maximum atomic E-state index is 11.5. The molecule has 1 saturated carbocycles. The van der Waals surface area contributed by atoms with Gasteiger partial charge in [0.25, 0.3) is 0 Å². The first-order chi connectivity index (χ1) is 10.0. The van der Waals surface area contributed by atoms with Gasteiger partial charge >= 0.3 is 0 Å². The number of hydrogen-bond acceptors (Lipinski definition) is 2. The van der Waals surface area contributed by atoms with Crippen molar-refractivity contribution in [2.45, 2.75) is 52.0 Å². The van der Waals surface area contributed by atoms with E-state index in [1.54, 1.807) is 0 Å². The molecule has 21 heavy (non-hydrogen) atoms. The molecule has 2 rings (SSSR count). The van der Waals surface area contributed by atoms with Crippen molar-refractivity contribution >= 4 is 5.91 Å². The van der Waals surface area contributed by atoms with Gasteiger partial charge in [-0.25, -0.2) is 0 Å². The Balaban J connectivity index is 2.10. The summed E-state index contributed by atoms with van der Waals surface area (Å²) >= 11 is 0. The van der Waals surface area contributed by atoms with Crippen molar-refractivity contribution in [1.82, 2.24) is 5.32 Å². The summed E-state index contributed by atoms with van der Waals surface area (Å²) in [6, 6.07) is 10.9. The summed E-state index contributed by atoms with van der Waals surface area (Å²) in [4.78, 5) is 11.5. The lowest BCUT2D eigenvalue weighted by atomic mass is 9.80. The van der Waals surface area contributed by atoms with Gasteiger partial charge in [-0.05, 0) is 38.2 Å². The van der Waals surface area contributed by atoms with Gasteiger partial charge in [0, 0.05) is 12.6 Å². The second-order valence-electron chi connectivity index (χ2n) is 6.92. The minimum absolute atomic E-state index is 0.245. The van der Waals surface area contributed by atoms with E-state index in [9.17, 15) is 4.79 Å². The van der Waals surface area contributed by atoms with E-state index in [0.29, 0.717) is 18.5 Å². The first kappa shape index (κ1) is 16.0. The Hall–Kier alpha value is -1.35. The summed E-state index contributed by atoms with van der Waals surface area (Å²) < 4.78 is 0. The normalized spacial score (nSPS) is 18.4. The van der Waals surface area contributed by atoms with Crippen molar-refractivity contribution in [3.05, 3.63) is 35.9 Å². The molecule has 1 atom stereocenters. The molecular formula is C18H28N2O. The number of hydrogen-bond donors (Lipinski definition) is 2. The first-order valence-electron chi connectivity index (χ1n) is 8.09. The van der Waals surface area contributed by atoms with E-state index >= 15 is 0 Å². The number of carbonyl (C=O) groups excluding carboxylic acids is 1. The minimum atomic E-state index is -0.512. The standard InChI is InChI=1S/C18H28N2O/c1-18(2,17(19)21)13-20-16(14-9-5-3-6-10-14)15-11-7-4-8-12-15/h3,5-6,9-10,15-16,20H,4,7-8,11-13H2,1-2H3,(H2,19,21). The molecule has 0 aliphatic heterocycles. The quantitative estimate of drug-likeness (QED) is 0.843. The highest BCUT2D eigenvalue weighted by atomic mass is 16.1. The van der Waals surface area contributed by atoms with Crippen LogP contribution < -0.4 is 11.1 Å². The number of benzene rings is 1. The number of nitrogens with one attached hydrogen (secondary N) is 1. The van der Waals surface area contributed by atoms with Crippen LogP contribution in [-0.2, 0) is 4.79 Å². The summed E-state index contributed by atoms with van der Waals surface area (Å²) in [6.07, 6.45) is 6.52. The van der Waals surface area contributed by atoms with Crippen LogP contribution in [0.15, 0.2) is 30.3 Å². The highest BCUT2D eigenvalue weighted by Crippen LogP contribution is 2.34. The molecule has 3 heteroatoms. The number of rotatable bonds is 6. The number of carbonyl (C=O) groups is 1. The Morgan fingerprint density at radius 1 is 1.24 bits per heavy atom. The molecule has 3 nitrogen and oxygen atoms in total. The lowest BCUT2D eigenvalue weighted by Gasteiger charge is -2.34. The average Bonchev–Trinajstić information content (AvgIpc) is 2.49. The fraction of sp³-hybridized carbons (Fsp3) is 0.611. The fourth-order valence-electron chi connectivity index (χ4n) is 3.14. The van der Waals surface area contributed by atoms with E-state index < -0.39 is 5.41 Å². The maximum Gasteiger partial charge on any atom is 0.224 e. The van der Waals surface area contributed by atoms with Gasteiger partial charge in [-0.1, -0.05) is 49.6 Å². The SMILES string of the molecule is CC(C)(CNC(c1ccccc1)C1CCCCC1)C(N)=O. The van der Waals surface area contributed by atoms with Gasteiger partial charge in [0.05, 0.1) is 5.41 Å². The molecule has 1 aliphatic rings. The van der Waals surface area contributed by atoms with Crippen LogP contribution in [0.5, 0.6) is 0 Å². The molecule has 116 valence electrons. The van der Waals surface area contributed by atoms with Crippen molar-refractivity contribution < 1.29 is 4.79 Å². The van der Waals surface area contributed by atoms with Crippen LogP contribution in [0.1, 0.15) is 57.6 Å². The predicted molar refractivity (Wildman–Crippen MR) is 86.7 cm³/mol. The Labute approximate surface area is 128 Å². The van der Waals surface area contributed by atoms with Gasteiger partial charge < -0.3 is 11.1 Å². The fourth-order valence-corrected chi connectivity index (χ4v) is 3.14. The molecule has 1 unspecified atom stereocenters. The molecule has 1 amide bonds. The Kier molecular flexibility index (Phi) is 5.40. The Morgan fingerprint density at radius 2 is 1.86 bits per heavy atom. The van der Waals surface area contributed by atoms with E-state index in [1.165, 1.54) is 37.7 Å². The lowest BCUT2D eigenvalue weighted by molar-refractivity contribution is -0.125. The summed E-state index contributed by atoms with van der Waals surface area (Å²) in [5.41, 5.74) is 6.31. The third kappa shape index (κ3) is 4.31. The van der Waals surface area contributed by atoms with Gasteiger partial charge in [0.1, 0.15) is 0 Å². The Morgan fingerprint density at radius 3 is 2.43 bits per heavy atom. The Bertz CT molecular complexity index is 450. The molecule has 0 aromatic heterocycles. The second kappa shape index (κ2) is 7.08. The first-order valence-corrected chi connectivity index (χ1v) is 8.09. The molecule has 0 radical (unpaired) electrons. The average molecular weight is 288 g/mol. The molecule has 1 aromatic rings. The van der Waals surface area contributed by atoms with Gasteiger partial charge in [0.2, 0.25) is 5.91 Å². The van der Waals surface area contributed by atoms with Crippen molar-refractivity contribution in [2.24, 2.45) is 17.1 Å². The molecule has 0 bridgehead atoms. The van der Waals surface area contributed by atoms with Gasteiger partial charge in [0.15, 0.2) is 0 Å². The monoisotopic (exact) mass is 288 g/mol. The molecule has 3 N–H and O–H groups in total. The predicted octanol–water partition coefficient (Wildman–Crippen LogP) is 3.41. The highest BCUT2D eigenvalue weighted by molar-refractivity contribution is 5.80. The van der Waals surface area contributed by atoms with Crippen LogP contribution in [-0.4, -0.2) is 12.5 Å². The van der Waals surface area contributed by atoms with E-state index in [1.807, 2.05) is 13.8 Å². The minimum Gasteiger partial charge on any atom is -0.369 e. The molecule has 0 spiro atoms. The molecule has 1 aliphatic carbocycles. The number of amides is 1. The summed E-state index contributed by atoms with van der Waals surface area (Å²) in [5, 5.41) is 3.63. The van der Waals surface area contributed by atoms with Crippen LogP contribution in [0.4, 0.5) is 0 Å². The zero-order valence-corrected chi connectivity index (χ0v) is 13.3. The lowest BCUT2D eigenvalue weighted by Crippen LogP contribution is -2.43. The zero-order valence-electron chi connectivity index (χ0n) is 13.3. The van der Waals surface area contributed by atoms with Crippen molar-refractivity contribution in [3.63, 3.8) is 0 Å². The van der Waals surface area contributed by atoms with Crippen LogP contribution in [0, 0.1) is 11.3 Å². The van der Waals surface area contributed by atoms with Crippen LogP contribution in [0.2, 0.25) is 0 Å². The molecule has 0 saturated heterocycles. The molecule has 1 fully saturated rings. The van der Waals surface area contributed by atoms with Gasteiger partial charge in [-0.3, -0.25) is 4.79 Å². The van der Waals surface area contributed by atoms with Gasteiger partial charge in [-0.2, -0.15) is 0 Å². The van der Waals surface area contributed by atoms with Crippen molar-refractivity contribution in [1.29, 1.82) is 0 Å². The summed E-state index contributed by atoms with van der Waals surface area (Å²) in [5.74, 6) is 0.412. The highest BCUT2D eigenvalue weighted by Gasteiger charge is 2.29. The van der Waals surface area contributed by atoms with Gasteiger partial charge in [-0.15, -0.1) is 0 Å². The topological polar surface area (TPSA) is 55.1 Å². The van der Waals surface area contributed by atoms with Crippen LogP contribution >= 0.6 is 0 Å². The van der Waals surface area contributed by atoms with Crippen LogP contribution in [0.3, 0.4) is 0 Å².